The van der Waals surface area contributed by atoms with Crippen LogP contribution in [0.25, 0.3) is 11.4 Å². The molecule has 1 N–H and O–H groups in total. The number of rotatable bonds is 6. The van der Waals surface area contributed by atoms with Gasteiger partial charge < -0.3 is 9.88 Å². The Labute approximate surface area is 168 Å². The van der Waals surface area contributed by atoms with Crippen molar-refractivity contribution in [1.82, 2.24) is 14.8 Å². The van der Waals surface area contributed by atoms with Crippen molar-refractivity contribution in [1.29, 1.82) is 0 Å². The quantitative estimate of drug-likeness (QED) is 0.591. The molecular weight excluding hydrogens is 376 g/mol. The fraction of sp³-hybridized carbons (Fsp3) is 0.350. The van der Waals surface area contributed by atoms with E-state index in [2.05, 4.69) is 48.6 Å². The van der Waals surface area contributed by atoms with E-state index in [-0.39, 0.29) is 5.91 Å². The summed E-state index contributed by atoms with van der Waals surface area (Å²) in [5.41, 5.74) is 4.41. The molecule has 5 nitrogen and oxygen atoms in total. The Morgan fingerprint density at radius 3 is 2.52 bits per heavy atom. The maximum atomic E-state index is 12.3. The van der Waals surface area contributed by atoms with Gasteiger partial charge in [0.2, 0.25) is 5.91 Å². The number of carbonyl (C=O) groups excluding carboxylic acids is 1. The number of hydrogen-bond acceptors (Lipinski definition) is 5. The number of thioether (sulfide) groups is 1. The topological polar surface area (TPSA) is 59.8 Å². The van der Waals surface area contributed by atoms with Gasteiger partial charge in [-0.05, 0) is 43.0 Å². The van der Waals surface area contributed by atoms with Crippen molar-refractivity contribution in [2.45, 2.75) is 38.8 Å². The molecule has 0 radical (unpaired) electrons. The van der Waals surface area contributed by atoms with E-state index in [0.717, 1.165) is 22.2 Å². The first-order chi connectivity index (χ1) is 12.9. The van der Waals surface area contributed by atoms with Crippen LogP contribution in [0.3, 0.4) is 0 Å². The standard InChI is InChI=1S/C20H24N4OS2/c1-12(2)15-6-8-16(9-7-15)21-18(25)11-27-20-23-22-19(24(20)5)17-10-26-14(4)13(17)3/h6-10,12H,11H2,1-5H3,(H,21,25). The van der Waals surface area contributed by atoms with Gasteiger partial charge in [0.05, 0.1) is 5.75 Å². The first-order valence-electron chi connectivity index (χ1n) is 8.84. The van der Waals surface area contributed by atoms with E-state index in [4.69, 9.17) is 0 Å². The Hall–Kier alpha value is -2.12. The molecule has 0 unspecified atom stereocenters. The van der Waals surface area contributed by atoms with Gasteiger partial charge in [-0.2, -0.15) is 0 Å². The van der Waals surface area contributed by atoms with E-state index >= 15 is 0 Å². The third-order valence-corrected chi connectivity index (χ3v) is 6.59. The number of aromatic nitrogens is 3. The van der Waals surface area contributed by atoms with Crippen LogP contribution in [0, 0.1) is 13.8 Å². The highest BCUT2D eigenvalue weighted by Crippen LogP contribution is 2.30. The first kappa shape index (κ1) is 19.6. The molecule has 3 rings (SSSR count). The molecule has 0 fully saturated rings. The zero-order valence-corrected chi connectivity index (χ0v) is 17.9. The fourth-order valence-corrected chi connectivity index (χ4v) is 4.26. The summed E-state index contributed by atoms with van der Waals surface area (Å²) in [5.74, 6) is 1.55. The third kappa shape index (κ3) is 4.42. The monoisotopic (exact) mass is 400 g/mol. The van der Waals surface area contributed by atoms with Gasteiger partial charge in [-0.15, -0.1) is 21.5 Å². The van der Waals surface area contributed by atoms with Crippen LogP contribution in [0.2, 0.25) is 0 Å². The van der Waals surface area contributed by atoms with Crippen molar-refractivity contribution in [3.63, 3.8) is 0 Å². The summed E-state index contributed by atoms with van der Waals surface area (Å²) < 4.78 is 1.95. The highest BCUT2D eigenvalue weighted by molar-refractivity contribution is 7.99. The summed E-state index contributed by atoms with van der Waals surface area (Å²) in [6, 6.07) is 7.99. The summed E-state index contributed by atoms with van der Waals surface area (Å²) in [6.07, 6.45) is 0. The summed E-state index contributed by atoms with van der Waals surface area (Å²) in [6.45, 7) is 8.50. The van der Waals surface area contributed by atoms with Gasteiger partial charge in [-0.1, -0.05) is 37.7 Å². The number of anilines is 1. The Morgan fingerprint density at radius 2 is 1.93 bits per heavy atom. The van der Waals surface area contributed by atoms with Gasteiger partial charge in [0.15, 0.2) is 11.0 Å². The fourth-order valence-electron chi connectivity index (χ4n) is 2.69. The number of carbonyl (C=O) groups is 1. The maximum absolute atomic E-state index is 12.3. The third-order valence-electron chi connectivity index (χ3n) is 4.55. The highest BCUT2D eigenvalue weighted by Gasteiger charge is 2.16. The second-order valence-electron chi connectivity index (χ2n) is 6.81. The number of nitrogens with zero attached hydrogens (tertiary/aromatic N) is 3. The smallest absolute Gasteiger partial charge is 0.234 e. The van der Waals surface area contributed by atoms with Crippen LogP contribution < -0.4 is 5.32 Å². The van der Waals surface area contributed by atoms with Crippen molar-refractivity contribution in [2.24, 2.45) is 7.05 Å². The molecule has 3 aromatic rings. The molecule has 27 heavy (non-hydrogen) atoms. The average molecular weight is 401 g/mol. The Morgan fingerprint density at radius 1 is 1.22 bits per heavy atom. The van der Waals surface area contributed by atoms with Crippen LogP contribution in [0.15, 0.2) is 34.8 Å². The van der Waals surface area contributed by atoms with E-state index in [1.54, 1.807) is 11.3 Å². The molecule has 0 aliphatic heterocycles. The van der Waals surface area contributed by atoms with E-state index in [9.17, 15) is 4.79 Å². The molecule has 0 aliphatic carbocycles. The Bertz CT molecular complexity index is 942. The van der Waals surface area contributed by atoms with Crippen LogP contribution in [0.1, 0.15) is 35.8 Å². The number of nitrogens with one attached hydrogen (secondary N) is 1. The largest absolute Gasteiger partial charge is 0.325 e. The lowest BCUT2D eigenvalue weighted by Crippen LogP contribution is -2.14. The molecule has 142 valence electrons. The lowest BCUT2D eigenvalue weighted by Gasteiger charge is -2.08. The predicted molar refractivity (Wildman–Crippen MR) is 114 cm³/mol. The van der Waals surface area contributed by atoms with Gasteiger partial charge >= 0.3 is 0 Å². The number of amides is 1. The molecule has 0 aliphatic rings. The van der Waals surface area contributed by atoms with Crippen molar-refractivity contribution in [3.8, 4) is 11.4 Å². The van der Waals surface area contributed by atoms with E-state index in [1.807, 2.05) is 35.9 Å². The molecule has 0 saturated carbocycles. The van der Waals surface area contributed by atoms with Crippen LogP contribution in [-0.2, 0) is 11.8 Å². The molecule has 0 atom stereocenters. The number of hydrogen-bond donors (Lipinski definition) is 1. The number of thiophene rings is 1. The summed E-state index contributed by atoms with van der Waals surface area (Å²) in [4.78, 5) is 13.5. The minimum atomic E-state index is -0.0515. The average Bonchev–Trinajstić information content (AvgIpc) is 3.16. The molecule has 7 heteroatoms. The van der Waals surface area contributed by atoms with Crippen LogP contribution in [0.4, 0.5) is 5.69 Å². The van der Waals surface area contributed by atoms with Crippen molar-refractivity contribution < 1.29 is 4.79 Å². The number of aryl methyl sites for hydroxylation is 1. The van der Waals surface area contributed by atoms with Gasteiger partial charge in [0, 0.05) is 28.6 Å². The SMILES string of the molecule is Cc1scc(-c2nnc(SCC(=O)Nc3ccc(C(C)C)cc3)n2C)c1C. The van der Waals surface area contributed by atoms with Crippen molar-refractivity contribution in [3.05, 3.63) is 45.6 Å². The second-order valence-corrected chi connectivity index (χ2v) is 8.84. The first-order valence-corrected chi connectivity index (χ1v) is 10.7. The maximum Gasteiger partial charge on any atom is 0.234 e. The lowest BCUT2D eigenvalue weighted by atomic mass is 10.0. The molecular formula is C20H24N4OS2. The van der Waals surface area contributed by atoms with Crippen molar-refractivity contribution in [2.75, 3.05) is 11.1 Å². The van der Waals surface area contributed by atoms with E-state index in [0.29, 0.717) is 11.7 Å². The minimum Gasteiger partial charge on any atom is -0.325 e. The van der Waals surface area contributed by atoms with Crippen LogP contribution in [0.5, 0.6) is 0 Å². The van der Waals surface area contributed by atoms with Gasteiger partial charge in [0.1, 0.15) is 0 Å². The normalized spacial score (nSPS) is 11.2. The van der Waals surface area contributed by atoms with E-state index in [1.165, 1.54) is 27.8 Å². The van der Waals surface area contributed by atoms with Crippen LogP contribution >= 0.6 is 23.1 Å². The summed E-state index contributed by atoms with van der Waals surface area (Å²) in [7, 11) is 1.94. The van der Waals surface area contributed by atoms with Gasteiger partial charge in [-0.3, -0.25) is 4.79 Å². The molecule has 2 heterocycles. The van der Waals surface area contributed by atoms with Crippen LogP contribution in [-0.4, -0.2) is 26.4 Å². The highest BCUT2D eigenvalue weighted by atomic mass is 32.2. The van der Waals surface area contributed by atoms with Gasteiger partial charge in [0.25, 0.3) is 0 Å². The molecule has 0 saturated heterocycles. The zero-order chi connectivity index (χ0) is 19.6. The summed E-state index contributed by atoms with van der Waals surface area (Å²) in [5, 5.41) is 14.3. The Kier molecular flexibility index (Phi) is 6.01. The minimum absolute atomic E-state index is 0.0515. The van der Waals surface area contributed by atoms with Crippen molar-refractivity contribution >= 4 is 34.7 Å². The number of benzene rings is 1. The predicted octanol–water partition coefficient (Wildman–Crippen LogP) is 5.01. The summed E-state index contributed by atoms with van der Waals surface area (Å²) >= 11 is 3.11. The Balaban J connectivity index is 1.61. The molecule has 0 bridgehead atoms. The van der Waals surface area contributed by atoms with Gasteiger partial charge in [-0.25, -0.2) is 0 Å². The van der Waals surface area contributed by atoms with E-state index < -0.39 is 0 Å². The zero-order valence-electron chi connectivity index (χ0n) is 16.2. The molecule has 0 spiro atoms. The molecule has 2 aromatic heterocycles. The molecule has 1 aromatic carbocycles. The molecule has 1 amide bonds. The second kappa shape index (κ2) is 8.27. The lowest BCUT2D eigenvalue weighted by molar-refractivity contribution is -0.113.